The molecule has 2 aliphatic rings. The standard InChI is InChI=1S/C18H35N3O/c1-18(2,3)8-11-19-12-14-20(15-13-19)16-17(22)21-9-6-4-5-7-10-21/h4-16H2,1-3H3. The molecule has 4 heteroatoms. The van der Waals surface area contributed by atoms with E-state index < -0.39 is 0 Å². The van der Waals surface area contributed by atoms with Crippen molar-refractivity contribution in [2.24, 2.45) is 5.41 Å². The lowest BCUT2D eigenvalue weighted by molar-refractivity contribution is -0.132. The van der Waals surface area contributed by atoms with Gasteiger partial charge in [0.1, 0.15) is 0 Å². The number of nitrogens with zero attached hydrogens (tertiary/aromatic N) is 3. The second kappa shape index (κ2) is 8.30. The van der Waals surface area contributed by atoms with Crippen LogP contribution in [-0.4, -0.2) is 73.0 Å². The van der Waals surface area contributed by atoms with Crippen LogP contribution in [0.1, 0.15) is 52.9 Å². The topological polar surface area (TPSA) is 26.8 Å². The molecule has 4 nitrogen and oxygen atoms in total. The molecule has 2 saturated heterocycles. The van der Waals surface area contributed by atoms with E-state index in [0.29, 0.717) is 17.9 Å². The maximum absolute atomic E-state index is 12.4. The van der Waals surface area contributed by atoms with Crippen LogP contribution in [0.2, 0.25) is 0 Å². The van der Waals surface area contributed by atoms with Gasteiger partial charge in [-0.15, -0.1) is 0 Å². The predicted molar refractivity (Wildman–Crippen MR) is 92.0 cm³/mol. The monoisotopic (exact) mass is 309 g/mol. The molecule has 22 heavy (non-hydrogen) atoms. The van der Waals surface area contributed by atoms with Crippen LogP contribution in [0.4, 0.5) is 0 Å². The van der Waals surface area contributed by atoms with Crippen molar-refractivity contribution in [3.05, 3.63) is 0 Å². The third-order valence-electron chi connectivity index (χ3n) is 4.96. The molecule has 0 atom stereocenters. The molecule has 0 spiro atoms. The third kappa shape index (κ3) is 6.25. The van der Waals surface area contributed by atoms with Crippen molar-refractivity contribution < 1.29 is 4.79 Å². The zero-order chi connectivity index (χ0) is 16.0. The van der Waals surface area contributed by atoms with Crippen LogP contribution in [-0.2, 0) is 4.79 Å². The van der Waals surface area contributed by atoms with Gasteiger partial charge in [-0.2, -0.15) is 0 Å². The smallest absolute Gasteiger partial charge is 0.236 e. The van der Waals surface area contributed by atoms with Crippen LogP contribution in [0, 0.1) is 5.41 Å². The third-order valence-corrected chi connectivity index (χ3v) is 4.96. The first kappa shape index (κ1) is 17.7. The first-order chi connectivity index (χ1) is 10.4. The molecule has 0 N–H and O–H groups in total. The molecule has 0 aromatic heterocycles. The molecule has 2 heterocycles. The maximum Gasteiger partial charge on any atom is 0.236 e. The van der Waals surface area contributed by atoms with Gasteiger partial charge in [-0.05, 0) is 31.2 Å². The summed E-state index contributed by atoms with van der Waals surface area (Å²) in [5.74, 6) is 0.352. The van der Waals surface area contributed by atoms with E-state index in [4.69, 9.17) is 0 Å². The van der Waals surface area contributed by atoms with Gasteiger partial charge in [0.05, 0.1) is 6.54 Å². The van der Waals surface area contributed by atoms with Crippen LogP contribution in [0.3, 0.4) is 0 Å². The molecule has 0 aliphatic carbocycles. The summed E-state index contributed by atoms with van der Waals surface area (Å²) in [5, 5.41) is 0. The van der Waals surface area contributed by atoms with Crippen molar-refractivity contribution in [2.45, 2.75) is 52.9 Å². The first-order valence-corrected chi connectivity index (χ1v) is 9.16. The Morgan fingerprint density at radius 2 is 1.36 bits per heavy atom. The van der Waals surface area contributed by atoms with E-state index in [1.807, 2.05) is 0 Å². The Labute approximate surface area is 136 Å². The van der Waals surface area contributed by atoms with Crippen LogP contribution in [0.5, 0.6) is 0 Å². The minimum atomic E-state index is 0.352. The van der Waals surface area contributed by atoms with Crippen LogP contribution >= 0.6 is 0 Å². The highest BCUT2D eigenvalue weighted by Crippen LogP contribution is 2.19. The maximum atomic E-state index is 12.4. The summed E-state index contributed by atoms with van der Waals surface area (Å²) in [5.41, 5.74) is 0.417. The fourth-order valence-corrected chi connectivity index (χ4v) is 3.28. The van der Waals surface area contributed by atoms with Gasteiger partial charge in [0.2, 0.25) is 5.91 Å². The normalized spacial score (nSPS) is 22.6. The first-order valence-electron chi connectivity index (χ1n) is 9.16. The van der Waals surface area contributed by atoms with E-state index in [-0.39, 0.29) is 0 Å². The highest BCUT2D eigenvalue weighted by atomic mass is 16.2. The summed E-state index contributed by atoms with van der Waals surface area (Å²) in [6.07, 6.45) is 6.20. The molecule has 1 amide bonds. The van der Waals surface area contributed by atoms with Crippen molar-refractivity contribution in [3.63, 3.8) is 0 Å². The molecule has 2 aliphatic heterocycles. The van der Waals surface area contributed by atoms with Crippen molar-refractivity contribution in [1.29, 1.82) is 0 Å². The summed E-state index contributed by atoms with van der Waals surface area (Å²) < 4.78 is 0. The van der Waals surface area contributed by atoms with Crippen LogP contribution in [0.15, 0.2) is 0 Å². The summed E-state index contributed by atoms with van der Waals surface area (Å²) in [4.78, 5) is 19.4. The van der Waals surface area contributed by atoms with Gasteiger partial charge in [-0.25, -0.2) is 0 Å². The zero-order valence-corrected chi connectivity index (χ0v) is 14.9. The number of carbonyl (C=O) groups is 1. The molecule has 0 unspecified atom stereocenters. The molecule has 0 aromatic rings. The lowest BCUT2D eigenvalue weighted by atomic mass is 9.92. The second-order valence-corrected chi connectivity index (χ2v) is 8.22. The van der Waals surface area contributed by atoms with E-state index in [9.17, 15) is 4.79 Å². The number of hydrogen-bond acceptors (Lipinski definition) is 3. The Bertz CT molecular complexity index is 335. The molecule has 128 valence electrons. The van der Waals surface area contributed by atoms with E-state index in [1.54, 1.807) is 0 Å². The Hall–Kier alpha value is -0.610. The second-order valence-electron chi connectivity index (χ2n) is 8.22. The largest absolute Gasteiger partial charge is 0.342 e. The Morgan fingerprint density at radius 1 is 0.818 bits per heavy atom. The fraction of sp³-hybridized carbons (Fsp3) is 0.944. The molecule has 0 aromatic carbocycles. The fourth-order valence-electron chi connectivity index (χ4n) is 3.28. The van der Waals surface area contributed by atoms with E-state index in [2.05, 4.69) is 35.5 Å². The molecular formula is C18H35N3O. The summed E-state index contributed by atoms with van der Waals surface area (Å²) in [6.45, 7) is 15.0. The van der Waals surface area contributed by atoms with E-state index in [1.165, 1.54) is 38.6 Å². The molecule has 0 saturated carbocycles. The number of hydrogen-bond donors (Lipinski definition) is 0. The predicted octanol–water partition coefficient (Wildman–Crippen LogP) is 2.44. The van der Waals surface area contributed by atoms with Crippen molar-refractivity contribution in [3.8, 4) is 0 Å². The van der Waals surface area contributed by atoms with Gasteiger partial charge < -0.3 is 9.80 Å². The molecular weight excluding hydrogens is 274 g/mol. The van der Waals surface area contributed by atoms with Gasteiger partial charge in [0.15, 0.2) is 0 Å². The number of piperazine rings is 1. The van der Waals surface area contributed by atoms with E-state index >= 15 is 0 Å². The van der Waals surface area contributed by atoms with Crippen molar-refractivity contribution in [2.75, 3.05) is 52.4 Å². The van der Waals surface area contributed by atoms with Crippen LogP contribution in [0.25, 0.3) is 0 Å². The zero-order valence-electron chi connectivity index (χ0n) is 14.9. The van der Waals surface area contributed by atoms with Gasteiger partial charge in [0.25, 0.3) is 0 Å². The molecule has 2 rings (SSSR count). The van der Waals surface area contributed by atoms with Gasteiger partial charge >= 0.3 is 0 Å². The lowest BCUT2D eigenvalue weighted by Crippen LogP contribution is -2.50. The summed E-state index contributed by atoms with van der Waals surface area (Å²) >= 11 is 0. The molecule has 0 radical (unpaired) electrons. The minimum absolute atomic E-state index is 0.352. The molecule has 2 fully saturated rings. The average molecular weight is 309 g/mol. The summed E-state index contributed by atoms with van der Waals surface area (Å²) in [7, 11) is 0. The number of carbonyl (C=O) groups excluding carboxylic acids is 1. The lowest BCUT2D eigenvalue weighted by Gasteiger charge is -2.36. The highest BCUT2D eigenvalue weighted by molar-refractivity contribution is 5.78. The number of rotatable bonds is 4. The summed E-state index contributed by atoms with van der Waals surface area (Å²) in [6, 6.07) is 0. The highest BCUT2D eigenvalue weighted by Gasteiger charge is 2.23. The SMILES string of the molecule is CC(C)(C)CCN1CCN(CC(=O)N2CCCCCC2)CC1. The molecule has 0 bridgehead atoms. The quantitative estimate of drug-likeness (QED) is 0.798. The van der Waals surface area contributed by atoms with Gasteiger partial charge in [-0.1, -0.05) is 33.6 Å². The number of amides is 1. The Balaban J connectivity index is 1.67. The van der Waals surface area contributed by atoms with Gasteiger partial charge in [-0.3, -0.25) is 9.69 Å². The Kier molecular flexibility index (Phi) is 6.69. The van der Waals surface area contributed by atoms with Crippen molar-refractivity contribution >= 4 is 5.91 Å². The van der Waals surface area contributed by atoms with Crippen LogP contribution < -0.4 is 0 Å². The Morgan fingerprint density at radius 3 is 1.91 bits per heavy atom. The minimum Gasteiger partial charge on any atom is -0.342 e. The van der Waals surface area contributed by atoms with E-state index in [0.717, 1.165) is 39.3 Å². The van der Waals surface area contributed by atoms with Crippen molar-refractivity contribution in [1.82, 2.24) is 14.7 Å². The van der Waals surface area contributed by atoms with Gasteiger partial charge in [0, 0.05) is 39.3 Å². The average Bonchev–Trinajstić information content (AvgIpc) is 2.75. The number of likely N-dealkylation sites (tertiary alicyclic amines) is 1.